The Balaban J connectivity index is 1.72. The molecule has 2 atom stereocenters. The van der Waals surface area contributed by atoms with Crippen molar-refractivity contribution in [3.8, 4) is 0 Å². The molecule has 0 radical (unpaired) electrons. The van der Waals surface area contributed by atoms with E-state index in [1.807, 2.05) is 55.2 Å². The van der Waals surface area contributed by atoms with Gasteiger partial charge in [-0.05, 0) is 36.6 Å². The van der Waals surface area contributed by atoms with Crippen molar-refractivity contribution >= 4 is 17.5 Å². The third-order valence-corrected chi connectivity index (χ3v) is 4.89. The first kappa shape index (κ1) is 14.9. The Kier molecular flexibility index (Phi) is 3.81. The van der Waals surface area contributed by atoms with E-state index >= 15 is 0 Å². The maximum absolute atomic E-state index is 12.6. The number of hydrogen-bond donors (Lipinski definition) is 0. The molecule has 2 aliphatic heterocycles. The normalized spacial score (nSPS) is 24.4. The first-order chi connectivity index (χ1) is 10.5. The van der Waals surface area contributed by atoms with Gasteiger partial charge in [0.1, 0.15) is 0 Å². The lowest BCUT2D eigenvalue weighted by atomic mass is 9.88. The third-order valence-electron chi connectivity index (χ3n) is 4.89. The van der Waals surface area contributed by atoms with Crippen LogP contribution in [-0.4, -0.2) is 62.4 Å². The van der Waals surface area contributed by atoms with E-state index in [9.17, 15) is 9.59 Å². The molecular weight excluding hydrogens is 278 g/mol. The SMILES string of the molecule is CN1CC[C@@H]2CN(C(=O)c3ccc(N(C)C)cc3)C[C@@H]2C1=O. The maximum atomic E-state index is 12.6. The molecule has 5 nitrogen and oxygen atoms in total. The van der Waals surface area contributed by atoms with E-state index in [-0.39, 0.29) is 17.7 Å². The van der Waals surface area contributed by atoms with E-state index in [1.165, 1.54) is 0 Å². The van der Waals surface area contributed by atoms with E-state index in [0.717, 1.165) is 18.7 Å². The molecule has 0 spiro atoms. The number of anilines is 1. The Morgan fingerprint density at radius 1 is 1.18 bits per heavy atom. The van der Waals surface area contributed by atoms with Crippen molar-refractivity contribution in [1.82, 2.24) is 9.80 Å². The van der Waals surface area contributed by atoms with Crippen LogP contribution >= 0.6 is 0 Å². The van der Waals surface area contributed by atoms with Crippen molar-refractivity contribution < 1.29 is 9.59 Å². The van der Waals surface area contributed by atoms with Crippen molar-refractivity contribution in [1.29, 1.82) is 0 Å². The van der Waals surface area contributed by atoms with Crippen LogP contribution in [0.3, 0.4) is 0 Å². The summed E-state index contributed by atoms with van der Waals surface area (Å²) >= 11 is 0. The summed E-state index contributed by atoms with van der Waals surface area (Å²) < 4.78 is 0. The van der Waals surface area contributed by atoms with Gasteiger partial charge in [-0.1, -0.05) is 0 Å². The van der Waals surface area contributed by atoms with Crippen LogP contribution in [0.5, 0.6) is 0 Å². The predicted molar refractivity (Wildman–Crippen MR) is 85.9 cm³/mol. The van der Waals surface area contributed by atoms with Crippen molar-refractivity contribution in [2.75, 3.05) is 45.7 Å². The highest BCUT2D eigenvalue weighted by Gasteiger charge is 2.43. The van der Waals surface area contributed by atoms with Crippen LogP contribution in [0.25, 0.3) is 0 Å². The Morgan fingerprint density at radius 2 is 1.86 bits per heavy atom. The van der Waals surface area contributed by atoms with Gasteiger partial charge in [0, 0.05) is 52.0 Å². The Morgan fingerprint density at radius 3 is 2.50 bits per heavy atom. The lowest BCUT2D eigenvalue weighted by Crippen LogP contribution is -2.42. The molecule has 0 bridgehead atoms. The molecule has 2 fully saturated rings. The number of amides is 2. The lowest BCUT2D eigenvalue weighted by molar-refractivity contribution is -0.137. The minimum absolute atomic E-state index is 0.0104. The molecule has 0 aromatic heterocycles. The highest BCUT2D eigenvalue weighted by Crippen LogP contribution is 2.32. The first-order valence-corrected chi connectivity index (χ1v) is 7.79. The van der Waals surface area contributed by atoms with Gasteiger partial charge in [-0.15, -0.1) is 0 Å². The summed E-state index contributed by atoms with van der Waals surface area (Å²) in [7, 11) is 5.80. The molecule has 5 heteroatoms. The molecule has 0 N–H and O–H groups in total. The van der Waals surface area contributed by atoms with Gasteiger partial charge >= 0.3 is 0 Å². The summed E-state index contributed by atoms with van der Waals surface area (Å²) in [5.41, 5.74) is 1.77. The molecule has 2 saturated heterocycles. The van der Waals surface area contributed by atoms with Gasteiger partial charge in [-0.2, -0.15) is 0 Å². The monoisotopic (exact) mass is 301 g/mol. The zero-order chi connectivity index (χ0) is 15.9. The minimum Gasteiger partial charge on any atom is -0.378 e. The molecule has 1 aromatic carbocycles. The number of likely N-dealkylation sites (tertiary alicyclic amines) is 2. The van der Waals surface area contributed by atoms with Crippen LogP contribution < -0.4 is 4.90 Å². The summed E-state index contributed by atoms with van der Waals surface area (Å²) in [5.74, 6) is 0.544. The number of rotatable bonds is 2. The van der Waals surface area contributed by atoms with Gasteiger partial charge in [0.25, 0.3) is 5.91 Å². The van der Waals surface area contributed by atoms with E-state index in [4.69, 9.17) is 0 Å². The molecule has 3 rings (SSSR count). The zero-order valence-electron chi connectivity index (χ0n) is 13.5. The molecule has 2 heterocycles. The average Bonchev–Trinajstić information content (AvgIpc) is 2.95. The summed E-state index contributed by atoms with van der Waals surface area (Å²) in [6.45, 7) is 2.07. The van der Waals surface area contributed by atoms with E-state index in [0.29, 0.717) is 24.6 Å². The lowest BCUT2D eigenvalue weighted by Gasteiger charge is -2.30. The smallest absolute Gasteiger partial charge is 0.253 e. The van der Waals surface area contributed by atoms with Crippen LogP contribution in [0.2, 0.25) is 0 Å². The molecule has 118 valence electrons. The summed E-state index contributed by atoms with van der Waals surface area (Å²) in [4.78, 5) is 30.5. The van der Waals surface area contributed by atoms with Gasteiger partial charge in [-0.3, -0.25) is 9.59 Å². The number of piperidine rings is 1. The fourth-order valence-corrected chi connectivity index (χ4v) is 3.45. The fourth-order valence-electron chi connectivity index (χ4n) is 3.45. The van der Waals surface area contributed by atoms with Gasteiger partial charge in [-0.25, -0.2) is 0 Å². The van der Waals surface area contributed by atoms with Gasteiger partial charge in [0.15, 0.2) is 0 Å². The first-order valence-electron chi connectivity index (χ1n) is 7.79. The van der Waals surface area contributed by atoms with Crippen molar-refractivity contribution in [3.63, 3.8) is 0 Å². The number of carbonyl (C=O) groups is 2. The quantitative estimate of drug-likeness (QED) is 0.827. The summed E-state index contributed by atoms with van der Waals surface area (Å²) in [5, 5.41) is 0. The molecule has 1 aromatic rings. The Labute approximate surface area is 131 Å². The largest absolute Gasteiger partial charge is 0.378 e. The van der Waals surface area contributed by atoms with Crippen LogP contribution in [0, 0.1) is 11.8 Å². The highest BCUT2D eigenvalue weighted by molar-refractivity contribution is 5.95. The molecule has 2 amide bonds. The van der Waals surface area contributed by atoms with Crippen molar-refractivity contribution in [2.45, 2.75) is 6.42 Å². The van der Waals surface area contributed by atoms with Gasteiger partial charge in [0.2, 0.25) is 5.91 Å². The van der Waals surface area contributed by atoms with Crippen molar-refractivity contribution in [2.24, 2.45) is 11.8 Å². The average molecular weight is 301 g/mol. The number of nitrogens with zero attached hydrogens (tertiary/aromatic N) is 3. The molecule has 0 saturated carbocycles. The Hall–Kier alpha value is -2.04. The van der Waals surface area contributed by atoms with E-state index in [1.54, 1.807) is 4.90 Å². The van der Waals surface area contributed by atoms with Crippen LogP contribution in [-0.2, 0) is 4.79 Å². The number of carbonyl (C=O) groups excluding carboxylic acids is 2. The second kappa shape index (κ2) is 5.63. The molecule has 0 aliphatic carbocycles. The number of hydrogen-bond acceptors (Lipinski definition) is 3. The standard InChI is InChI=1S/C17H23N3O2/c1-18(2)14-6-4-12(5-7-14)16(21)20-10-13-8-9-19(3)17(22)15(13)11-20/h4-7,13,15H,8-11H2,1-3H3/t13-,15+/m1/s1. The molecule has 2 aliphatic rings. The summed E-state index contributed by atoms with van der Waals surface area (Å²) in [6, 6.07) is 7.64. The molecule has 22 heavy (non-hydrogen) atoms. The zero-order valence-corrected chi connectivity index (χ0v) is 13.5. The maximum Gasteiger partial charge on any atom is 0.253 e. The van der Waals surface area contributed by atoms with Crippen LogP contribution in [0.1, 0.15) is 16.8 Å². The van der Waals surface area contributed by atoms with E-state index < -0.39 is 0 Å². The third kappa shape index (κ3) is 2.56. The van der Waals surface area contributed by atoms with Gasteiger partial charge < -0.3 is 14.7 Å². The topological polar surface area (TPSA) is 43.9 Å². The Bertz CT molecular complexity index is 582. The van der Waals surface area contributed by atoms with Gasteiger partial charge in [0.05, 0.1) is 5.92 Å². The molecular formula is C17H23N3O2. The van der Waals surface area contributed by atoms with Crippen molar-refractivity contribution in [3.05, 3.63) is 29.8 Å². The second-order valence-corrected chi connectivity index (χ2v) is 6.57. The minimum atomic E-state index is -0.0104. The molecule has 0 unspecified atom stereocenters. The predicted octanol–water partition coefficient (Wildman–Crippen LogP) is 1.30. The number of fused-ring (bicyclic) bond motifs is 1. The van der Waals surface area contributed by atoms with Crippen LogP contribution in [0.4, 0.5) is 5.69 Å². The van der Waals surface area contributed by atoms with Crippen LogP contribution in [0.15, 0.2) is 24.3 Å². The fraction of sp³-hybridized carbons (Fsp3) is 0.529. The number of benzene rings is 1. The summed E-state index contributed by atoms with van der Waals surface area (Å²) in [6.07, 6.45) is 0.996. The highest BCUT2D eigenvalue weighted by atomic mass is 16.2. The second-order valence-electron chi connectivity index (χ2n) is 6.57. The van der Waals surface area contributed by atoms with E-state index in [2.05, 4.69) is 0 Å².